The predicted octanol–water partition coefficient (Wildman–Crippen LogP) is 0.696. The molecule has 2 saturated heterocycles. The summed E-state index contributed by atoms with van der Waals surface area (Å²) in [7, 11) is 2.11. The van der Waals surface area contributed by atoms with E-state index < -0.39 is 0 Å². The van der Waals surface area contributed by atoms with Gasteiger partial charge in [-0.3, -0.25) is 0 Å². The Morgan fingerprint density at radius 2 is 1.53 bits per heavy atom. The minimum Gasteiger partial charge on any atom is -0.323 e. The van der Waals surface area contributed by atoms with Crippen LogP contribution < -0.4 is 0 Å². The topological polar surface area (TPSA) is 26.8 Å². The summed E-state index contributed by atoms with van der Waals surface area (Å²) in [4.78, 5) is 18.2. The van der Waals surface area contributed by atoms with E-state index in [0.717, 1.165) is 39.3 Å². The second kappa shape index (κ2) is 3.67. The van der Waals surface area contributed by atoms with Gasteiger partial charge in [-0.05, 0) is 7.05 Å². The highest BCUT2D eigenvalue weighted by atomic mass is 16.2. The first-order valence-electron chi connectivity index (χ1n) is 5.70. The lowest BCUT2D eigenvalue weighted by Gasteiger charge is -2.48. The molecule has 0 aromatic heterocycles. The minimum absolute atomic E-state index is 0.238. The number of rotatable bonds is 0. The largest absolute Gasteiger partial charge is 0.323 e. The van der Waals surface area contributed by atoms with Crippen molar-refractivity contribution < 1.29 is 4.79 Å². The molecule has 2 amide bonds. The molecule has 2 heterocycles. The molecular formula is C11H21N3O. The van der Waals surface area contributed by atoms with Crippen LogP contribution in [0.15, 0.2) is 0 Å². The first-order chi connectivity index (χ1) is 6.98. The zero-order chi connectivity index (χ0) is 11.1. The summed E-state index contributed by atoms with van der Waals surface area (Å²) in [5.74, 6) is 0. The van der Waals surface area contributed by atoms with Gasteiger partial charge in [0.15, 0.2) is 0 Å². The fourth-order valence-electron chi connectivity index (χ4n) is 2.32. The molecule has 0 aromatic carbocycles. The Morgan fingerprint density at radius 1 is 1.00 bits per heavy atom. The number of carbonyl (C=O) groups is 1. The van der Waals surface area contributed by atoms with E-state index in [9.17, 15) is 4.79 Å². The molecule has 4 nitrogen and oxygen atoms in total. The maximum Gasteiger partial charge on any atom is 0.320 e. The normalized spacial score (nSPS) is 26.3. The second-order valence-corrected chi connectivity index (χ2v) is 5.59. The number of carbonyl (C=O) groups excluding carboxylic acids is 1. The summed E-state index contributed by atoms with van der Waals surface area (Å²) in [6, 6.07) is 0.238. The van der Waals surface area contributed by atoms with Crippen LogP contribution in [0.25, 0.3) is 0 Å². The van der Waals surface area contributed by atoms with Gasteiger partial charge in [0.1, 0.15) is 0 Å². The molecule has 0 saturated carbocycles. The summed E-state index contributed by atoms with van der Waals surface area (Å²) < 4.78 is 0. The van der Waals surface area contributed by atoms with E-state index in [0.29, 0.717) is 5.41 Å². The van der Waals surface area contributed by atoms with Crippen LogP contribution in [-0.4, -0.2) is 67.0 Å². The zero-order valence-corrected chi connectivity index (χ0v) is 9.99. The smallest absolute Gasteiger partial charge is 0.320 e. The van der Waals surface area contributed by atoms with Gasteiger partial charge >= 0.3 is 6.03 Å². The molecule has 2 fully saturated rings. The summed E-state index contributed by atoms with van der Waals surface area (Å²) >= 11 is 0. The molecule has 2 aliphatic heterocycles. The Labute approximate surface area is 91.8 Å². The van der Waals surface area contributed by atoms with Gasteiger partial charge in [0.25, 0.3) is 0 Å². The lowest BCUT2D eigenvalue weighted by Crippen LogP contribution is -2.61. The molecular weight excluding hydrogens is 190 g/mol. The third-order valence-electron chi connectivity index (χ3n) is 3.28. The summed E-state index contributed by atoms with van der Waals surface area (Å²) in [5.41, 5.74) is 0.336. The van der Waals surface area contributed by atoms with Crippen LogP contribution in [-0.2, 0) is 0 Å². The van der Waals surface area contributed by atoms with Crippen molar-refractivity contribution in [2.24, 2.45) is 5.41 Å². The molecule has 4 heteroatoms. The first-order valence-corrected chi connectivity index (χ1v) is 5.70. The van der Waals surface area contributed by atoms with Crippen molar-refractivity contribution in [1.82, 2.24) is 14.7 Å². The fraction of sp³-hybridized carbons (Fsp3) is 0.909. The second-order valence-electron chi connectivity index (χ2n) is 5.59. The van der Waals surface area contributed by atoms with Crippen LogP contribution in [0.2, 0.25) is 0 Å². The molecule has 0 spiro atoms. The molecule has 2 rings (SSSR count). The van der Waals surface area contributed by atoms with Crippen molar-refractivity contribution in [2.45, 2.75) is 13.8 Å². The molecule has 0 N–H and O–H groups in total. The Kier molecular flexibility index (Phi) is 2.63. The molecule has 2 aliphatic rings. The van der Waals surface area contributed by atoms with Gasteiger partial charge in [-0.15, -0.1) is 0 Å². The third kappa shape index (κ3) is 2.25. The van der Waals surface area contributed by atoms with E-state index in [4.69, 9.17) is 0 Å². The lowest BCUT2D eigenvalue weighted by atomic mass is 9.85. The molecule has 0 bridgehead atoms. The highest BCUT2D eigenvalue weighted by Gasteiger charge is 2.39. The van der Waals surface area contributed by atoms with Crippen molar-refractivity contribution in [3.63, 3.8) is 0 Å². The Morgan fingerprint density at radius 3 is 2.00 bits per heavy atom. The maximum atomic E-state index is 12.0. The van der Waals surface area contributed by atoms with Crippen LogP contribution in [0.5, 0.6) is 0 Å². The monoisotopic (exact) mass is 211 g/mol. The van der Waals surface area contributed by atoms with Gasteiger partial charge in [-0.2, -0.15) is 0 Å². The number of amides is 2. The highest BCUT2D eigenvalue weighted by molar-refractivity contribution is 5.75. The van der Waals surface area contributed by atoms with E-state index in [-0.39, 0.29) is 6.03 Å². The zero-order valence-electron chi connectivity index (χ0n) is 9.99. The summed E-state index contributed by atoms with van der Waals surface area (Å²) in [5, 5.41) is 0. The van der Waals surface area contributed by atoms with Gasteiger partial charge in [-0.25, -0.2) is 4.79 Å². The molecule has 0 unspecified atom stereocenters. The van der Waals surface area contributed by atoms with Crippen LogP contribution in [0.3, 0.4) is 0 Å². The predicted molar refractivity (Wildman–Crippen MR) is 59.8 cm³/mol. The Bertz CT molecular complexity index is 249. The summed E-state index contributed by atoms with van der Waals surface area (Å²) in [6.45, 7) is 10.0. The molecule has 15 heavy (non-hydrogen) atoms. The van der Waals surface area contributed by atoms with E-state index in [2.05, 4.69) is 25.8 Å². The van der Waals surface area contributed by atoms with Gasteiger partial charge < -0.3 is 14.7 Å². The van der Waals surface area contributed by atoms with E-state index >= 15 is 0 Å². The number of urea groups is 1. The highest BCUT2D eigenvalue weighted by Crippen LogP contribution is 2.29. The lowest BCUT2D eigenvalue weighted by molar-refractivity contribution is 0.0351. The van der Waals surface area contributed by atoms with Crippen LogP contribution in [0, 0.1) is 5.41 Å². The maximum absolute atomic E-state index is 12.0. The van der Waals surface area contributed by atoms with Gasteiger partial charge in [-0.1, -0.05) is 13.8 Å². The SMILES string of the molecule is CN1CCN(C(=O)N2CC(C)(C)C2)CC1. The van der Waals surface area contributed by atoms with Crippen molar-refractivity contribution in [3.8, 4) is 0 Å². The number of piperazine rings is 1. The summed E-state index contributed by atoms with van der Waals surface area (Å²) in [6.07, 6.45) is 0. The number of hydrogen-bond acceptors (Lipinski definition) is 2. The van der Waals surface area contributed by atoms with Crippen molar-refractivity contribution in [3.05, 3.63) is 0 Å². The number of hydrogen-bond donors (Lipinski definition) is 0. The molecule has 0 atom stereocenters. The Balaban J connectivity index is 1.82. The fourth-order valence-corrected chi connectivity index (χ4v) is 2.32. The standard InChI is InChI=1S/C11H21N3O/c1-11(2)8-14(9-11)10(15)13-6-4-12(3)5-7-13/h4-9H2,1-3H3. The third-order valence-corrected chi connectivity index (χ3v) is 3.28. The van der Waals surface area contributed by atoms with Gasteiger partial charge in [0.2, 0.25) is 0 Å². The minimum atomic E-state index is 0.238. The van der Waals surface area contributed by atoms with E-state index in [1.54, 1.807) is 0 Å². The van der Waals surface area contributed by atoms with Crippen molar-refractivity contribution in [2.75, 3.05) is 46.3 Å². The van der Waals surface area contributed by atoms with E-state index in [1.807, 2.05) is 9.80 Å². The number of nitrogens with zero attached hydrogens (tertiary/aromatic N) is 3. The number of likely N-dealkylation sites (N-methyl/N-ethyl adjacent to an activating group) is 1. The van der Waals surface area contributed by atoms with Crippen LogP contribution in [0.4, 0.5) is 4.79 Å². The number of likely N-dealkylation sites (tertiary alicyclic amines) is 1. The van der Waals surface area contributed by atoms with Crippen LogP contribution >= 0.6 is 0 Å². The van der Waals surface area contributed by atoms with Crippen molar-refractivity contribution in [1.29, 1.82) is 0 Å². The van der Waals surface area contributed by atoms with Crippen molar-refractivity contribution >= 4 is 6.03 Å². The Hall–Kier alpha value is -0.770. The molecule has 0 aromatic rings. The average Bonchev–Trinajstić information content (AvgIpc) is 2.14. The quantitative estimate of drug-likeness (QED) is 0.589. The average molecular weight is 211 g/mol. The van der Waals surface area contributed by atoms with Gasteiger partial charge in [0, 0.05) is 44.7 Å². The van der Waals surface area contributed by atoms with Gasteiger partial charge in [0.05, 0.1) is 0 Å². The molecule has 0 radical (unpaired) electrons. The molecule has 86 valence electrons. The van der Waals surface area contributed by atoms with Crippen LogP contribution in [0.1, 0.15) is 13.8 Å². The van der Waals surface area contributed by atoms with E-state index in [1.165, 1.54) is 0 Å². The first kappa shape index (κ1) is 10.7. The molecule has 0 aliphatic carbocycles.